The van der Waals surface area contributed by atoms with Crippen molar-refractivity contribution in [3.8, 4) is 5.75 Å². The predicted molar refractivity (Wildman–Crippen MR) is 53.3 cm³/mol. The van der Waals surface area contributed by atoms with Crippen molar-refractivity contribution in [1.29, 1.82) is 0 Å². The topological polar surface area (TPSA) is 72.6 Å². The van der Waals surface area contributed by atoms with E-state index in [1.807, 2.05) is 0 Å². The van der Waals surface area contributed by atoms with Gasteiger partial charge in [-0.05, 0) is 22.0 Å². The molecule has 1 aromatic carbocycles. The molecule has 14 heavy (non-hydrogen) atoms. The van der Waals surface area contributed by atoms with Gasteiger partial charge in [0.15, 0.2) is 0 Å². The third kappa shape index (κ3) is 2.02. The Morgan fingerprint density at radius 3 is 2.71 bits per heavy atom. The highest BCUT2D eigenvalue weighted by Crippen LogP contribution is 2.33. The molecule has 0 aliphatic rings. The quantitative estimate of drug-likeness (QED) is 0.666. The molecule has 76 valence electrons. The number of nitro benzene ring substituents is 1. The highest BCUT2D eigenvalue weighted by Gasteiger charge is 2.17. The Morgan fingerprint density at radius 1 is 1.64 bits per heavy atom. The number of hydrogen-bond acceptors (Lipinski definition) is 4. The van der Waals surface area contributed by atoms with E-state index in [0.29, 0.717) is 11.3 Å². The number of halogens is 1. The van der Waals surface area contributed by atoms with E-state index in [1.54, 1.807) is 0 Å². The Kier molecular flexibility index (Phi) is 3.43. The van der Waals surface area contributed by atoms with Crippen molar-refractivity contribution in [2.75, 3.05) is 7.11 Å². The minimum Gasteiger partial charge on any atom is -0.496 e. The summed E-state index contributed by atoms with van der Waals surface area (Å²) >= 11 is 3.05. The van der Waals surface area contributed by atoms with Crippen LogP contribution in [0.5, 0.6) is 5.75 Å². The van der Waals surface area contributed by atoms with E-state index in [4.69, 9.17) is 9.84 Å². The largest absolute Gasteiger partial charge is 0.496 e. The molecule has 0 radical (unpaired) electrons. The van der Waals surface area contributed by atoms with Gasteiger partial charge in [0, 0.05) is 5.56 Å². The maximum atomic E-state index is 10.6. The first-order chi connectivity index (χ1) is 6.60. The lowest BCUT2D eigenvalue weighted by molar-refractivity contribution is -0.385. The lowest BCUT2D eigenvalue weighted by atomic mass is 10.2. The number of nitro groups is 1. The molecule has 0 bridgehead atoms. The summed E-state index contributed by atoms with van der Waals surface area (Å²) in [6.07, 6.45) is 0. The molecule has 1 aromatic rings. The van der Waals surface area contributed by atoms with Crippen LogP contribution < -0.4 is 4.74 Å². The summed E-state index contributed by atoms with van der Waals surface area (Å²) in [6.45, 7) is -0.279. The number of ether oxygens (including phenoxy) is 1. The van der Waals surface area contributed by atoms with Crippen LogP contribution in [0.4, 0.5) is 5.69 Å². The molecule has 0 aliphatic heterocycles. The number of hydrogen-bond donors (Lipinski definition) is 1. The maximum absolute atomic E-state index is 10.6. The molecule has 5 nitrogen and oxygen atoms in total. The summed E-state index contributed by atoms with van der Waals surface area (Å²) in [4.78, 5) is 10.1. The fourth-order valence-corrected chi connectivity index (χ4v) is 1.50. The molecular formula is C8H8BrNO4. The Morgan fingerprint density at radius 2 is 2.29 bits per heavy atom. The Hall–Kier alpha value is -1.14. The second-order valence-corrected chi connectivity index (χ2v) is 3.33. The molecule has 0 spiro atoms. The van der Waals surface area contributed by atoms with Crippen LogP contribution in [0, 0.1) is 10.1 Å². The van der Waals surface area contributed by atoms with Crippen LogP contribution in [0.1, 0.15) is 5.56 Å². The van der Waals surface area contributed by atoms with Gasteiger partial charge in [-0.2, -0.15) is 0 Å². The van der Waals surface area contributed by atoms with Gasteiger partial charge in [0.05, 0.1) is 24.7 Å². The molecule has 0 aromatic heterocycles. The Labute approximate surface area is 88.6 Å². The van der Waals surface area contributed by atoms with Crippen LogP contribution in [0.15, 0.2) is 16.6 Å². The zero-order chi connectivity index (χ0) is 10.7. The van der Waals surface area contributed by atoms with Gasteiger partial charge in [-0.1, -0.05) is 0 Å². The molecule has 1 N–H and O–H groups in total. The molecule has 0 saturated heterocycles. The predicted octanol–water partition coefficient (Wildman–Crippen LogP) is 1.86. The van der Waals surface area contributed by atoms with Crippen molar-refractivity contribution in [2.45, 2.75) is 6.61 Å². The lowest BCUT2D eigenvalue weighted by Crippen LogP contribution is -1.96. The first-order valence-corrected chi connectivity index (χ1v) is 4.51. The highest BCUT2D eigenvalue weighted by molar-refractivity contribution is 9.10. The van der Waals surface area contributed by atoms with Crippen LogP contribution in [0.2, 0.25) is 0 Å². The zero-order valence-corrected chi connectivity index (χ0v) is 8.94. The number of aliphatic hydroxyl groups excluding tert-OH is 1. The third-order valence-electron chi connectivity index (χ3n) is 1.71. The number of nitrogens with zero attached hydrogens (tertiary/aromatic N) is 1. The van der Waals surface area contributed by atoms with Gasteiger partial charge in [0.2, 0.25) is 0 Å². The Bertz CT molecular complexity index is 367. The van der Waals surface area contributed by atoms with Gasteiger partial charge in [-0.15, -0.1) is 0 Å². The molecule has 0 amide bonds. The normalized spacial score (nSPS) is 9.93. The SMILES string of the molecule is COc1cc(CO)c(Br)c([N+](=O)[O-])c1. The third-order valence-corrected chi connectivity index (χ3v) is 2.62. The molecule has 1 rings (SSSR count). The van der Waals surface area contributed by atoms with Crippen LogP contribution in [-0.2, 0) is 6.61 Å². The first kappa shape index (κ1) is 10.9. The lowest BCUT2D eigenvalue weighted by Gasteiger charge is -2.05. The van der Waals surface area contributed by atoms with Gasteiger partial charge in [-0.3, -0.25) is 10.1 Å². The first-order valence-electron chi connectivity index (χ1n) is 3.71. The van der Waals surface area contributed by atoms with Crippen molar-refractivity contribution in [2.24, 2.45) is 0 Å². The highest BCUT2D eigenvalue weighted by atomic mass is 79.9. The molecule has 0 fully saturated rings. The monoisotopic (exact) mass is 261 g/mol. The number of aliphatic hydroxyl groups is 1. The van der Waals surface area contributed by atoms with Crippen molar-refractivity contribution < 1.29 is 14.8 Å². The maximum Gasteiger partial charge on any atom is 0.287 e. The van der Waals surface area contributed by atoms with Crippen molar-refractivity contribution in [3.05, 3.63) is 32.3 Å². The smallest absolute Gasteiger partial charge is 0.287 e. The molecule has 0 atom stereocenters. The van der Waals surface area contributed by atoms with Crippen LogP contribution in [0.25, 0.3) is 0 Å². The molecule has 0 heterocycles. The van der Waals surface area contributed by atoms with Gasteiger partial charge >= 0.3 is 0 Å². The molecule has 6 heteroatoms. The standard InChI is InChI=1S/C8H8BrNO4/c1-14-6-2-5(4-11)8(9)7(3-6)10(12)13/h2-3,11H,4H2,1H3. The summed E-state index contributed by atoms with van der Waals surface area (Å²) in [6, 6.07) is 2.83. The van der Waals surface area contributed by atoms with Gasteiger partial charge < -0.3 is 9.84 Å². The Balaban J connectivity index is 3.34. The minimum atomic E-state index is -0.536. The van der Waals surface area contributed by atoms with Crippen LogP contribution >= 0.6 is 15.9 Å². The second-order valence-electron chi connectivity index (χ2n) is 2.53. The van der Waals surface area contributed by atoms with Crippen molar-refractivity contribution in [3.63, 3.8) is 0 Å². The van der Waals surface area contributed by atoms with E-state index in [-0.39, 0.29) is 16.8 Å². The van der Waals surface area contributed by atoms with E-state index in [0.717, 1.165) is 0 Å². The zero-order valence-electron chi connectivity index (χ0n) is 7.36. The molecule has 0 saturated carbocycles. The fraction of sp³-hybridized carbons (Fsp3) is 0.250. The molecule has 0 unspecified atom stereocenters. The number of benzene rings is 1. The summed E-state index contributed by atoms with van der Waals surface area (Å²) in [5, 5.41) is 19.5. The van der Waals surface area contributed by atoms with E-state index >= 15 is 0 Å². The fourth-order valence-electron chi connectivity index (χ4n) is 1.01. The van der Waals surface area contributed by atoms with E-state index in [9.17, 15) is 10.1 Å². The van der Waals surface area contributed by atoms with Gasteiger partial charge in [0.25, 0.3) is 5.69 Å². The minimum absolute atomic E-state index is 0.117. The summed E-state index contributed by atoms with van der Waals surface area (Å²) in [7, 11) is 1.41. The molecule has 0 aliphatic carbocycles. The average molecular weight is 262 g/mol. The van der Waals surface area contributed by atoms with E-state index in [1.165, 1.54) is 19.2 Å². The second kappa shape index (κ2) is 4.39. The van der Waals surface area contributed by atoms with Crippen LogP contribution in [-0.4, -0.2) is 17.1 Å². The van der Waals surface area contributed by atoms with Crippen molar-refractivity contribution >= 4 is 21.6 Å². The summed E-state index contributed by atoms with van der Waals surface area (Å²) < 4.78 is 5.15. The number of rotatable bonds is 3. The summed E-state index contributed by atoms with van der Waals surface area (Å²) in [5.41, 5.74) is 0.310. The number of methoxy groups -OCH3 is 1. The van der Waals surface area contributed by atoms with Gasteiger partial charge in [0.1, 0.15) is 10.2 Å². The summed E-state index contributed by atoms with van der Waals surface area (Å²) in [5.74, 6) is 0.351. The van der Waals surface area contributed by atoms with Crippen molar-refractivity contribution in [1.82, 2.24) is 0 Å². The van der Waals surface area contributed by atoms with Gasteiger partial charge in [-0.25, -0.2) is 0 Å². The van der Waals surface area contributed by atoms with Crippen LogP contribution in [0.3, 0.4) is 0 Å². The molecular weight excluding hydrogens is 254 g/mol. The average Bonchev–Trinajstić information content (AvgIpc) is 2.17. The van der Waals surface area contributed by atoms with E-state index in [2.05, 4.69) is 15.9 Å². The van der Waals surface area contributed by atoms with E-state index < -0.39 is 4.92 Å².